The molecule has 2 aliphatic rings. The Balaban J connectivity index is 1.39. The fourth-order valence-corrected chi connectivity index (χ4v) is 6.65. The third kappa shape index (κ3) is 6.89. The number of nitrogens with zero attached hydrogens (tertiary/aromatic N) is 1. The molecule has 0 radical (unpaired) electrons. The van der Waals surface area contributed by atoms with Gasteiger partial charge in [-0.05, 0) is 65.3 Å². The first-order valence-electron chi connectivity index (χ1n) is 15.8. The van der Waals surface area contributed by atoms with Gasteiger partial charge in [-0.2, -0.15) is 0 Å². The van der Waals surface area contributed by atoms with Crippen molar-refractivity contribution in [3.8, 4) is 28.4 Å². The van der Waals surface area contributed by atoms with Gasteiger partial charge in [0.1, 0.15) is 6.04 Å². The summed E-state index contributed by atoms with van der Waals surface area (Å²) in [5.41, 5.74) is 5.35. The van der Waals surface area contributed by atoms with Crippen LogP contribution in [0.4, 0.5) is 5.69 Å². The van der Waals surface area contributed by atoms with E-state index in [1.54, 1.807) is 45.4 Å². The predicted octanol–water partition coefficient (Wildman–Crippen LogP) is 3.75. The smallest absolute Gasteiger partial charge is 0.242 e. The summed E-state index contributed by atoms with van der Waals surface area (Å²) in [5, 5.41) is 8.92. The Kier molecular flexibility index (Phi) is 10.3. The molecule has 0 fully saturated rings. The van der Waals surface area contributed by atoms with Crippen molar-refractivity contribution < 1.29 is 28.6 Å². The largest absolute Gasteiger partial charge is 0.493 e. The van der Waals surface area contributed by atoms with E-state index < -0.39 is 12.1 Å². The minimum atomic E-state index is -0.567. The second kappa shape index (κ2) is 14.6. The van der Waals surface area contributed by atoms with Crippen LogP contribution in [-0.4, -0.2) is 63.6 Å². The molecule has 2 atom stereocenters. The van der Waals surface area contributed by atoms with Crippen LogP contribution in [0.3, 0.4) is 0 Å². The highest BCUT2D eigenvalue weighted by molar-refractivity contribution is 5.88. The summed E-state index contributed by atoms with van der Waals surface area (Å²) in [4.78, 5) is 53.5. The number of hydrogen-bond acceptors (Lipinski definition) is 8. The first kappa shape index (κ1) is 33.3. The average Bonchev–Trinajstić information content (AvgIpc) is 3.32. The lowest BCUT2D eigenvalue weighted by Crippen LogP contribution is -2.51. The molecule has 3 aromatic carbocycles. The highest BCUT2D eigenvalue weighted by Crippen LogP contribution is 2.50. The molecule has 0 saturated carbocycles. The van der Waals surface area contributed by atoms with Crippen molar-refractivity contribution in [1.82, 2.24) is 15.5 Å². The number of benzene rings is 2. The molecule has 3 amide bonds. The maximum atomic E-state index is 13.6. The number of hydrogen-bond donors (Lipinski definition) is 3. The molecule has 248 valence electrons. The van der Waals surface area contributed by atoms with Crippen LogP contribution in [0.15, 0.2) is 53.3 Å². The van der Waals surface area contributed by atoms with E-state index in [4.69, 9.17) is 14.2 Å². The van der Waals surface area contributed by atoms with Crippen molar-refractivity contribution in [2.45, 2.75) is 57.7 Å². The standard InChI is InChI=1S/C36H42N4O7/c1-21(41)39-27-14-12-23-18-31(45-3)34(46-4)35(47-5)33(23)25-13-15-28(30(42)19-26(25)27)38-16-8-11-32(43)40-20-24-10-7-6-9-22(24)17-29(40)36(44)37-2/h6-7,9-10,13,15,18-19,27,29H,8,11-12,14,16-17,20H2,1-5H3,(H,37,44)(H,38,42)(H,39,41). The number of amides is 3. The Hall–Kier alpha value is -5.06. The lowest BCUT2D eigenvalue weighted by molar-refractivity contribution is -0.141. The first-order valence-corrected chi connectivity index (χ1v) is 15.8. The lowest BCUT2D eigenvalue weighted by atomic mass is 9.93. The van der Waals surface area contributed by atoms with E-state index in [0.717, 1.165) is 27.8 Å². The van der Waals surface area contributed by atoms with Crippen molar-refractivity contribution in [2.24, 2.45) is 0 Å². The Morgan fingerprint density at radius 3 is 2.36 bits per heavy atom. The maximum Gasteiger partial charge on any atom is 0.242 e. The summed E-state index contributed by atoms with van der Waals surface area (Å²) in [6.45, 7) is 2.20. The Bertz CT molecular complexity index is 1740. The van der Waals surface area contributed by atoms with E-state index in [1.165, 1.54) is 6.92 Å². The van der Waals surface area contributed by atoms with E-state index in [2.05, 4.69) is 16.0 Å². The second-order valence-electron chi connectivity index (χ2n) is 11.8. The number of methoxy groups -OCH3 is 3. The van der Waals surface area contributed by atoms with Crippen molar-refractivity contribution in [2.75, 3.05) is 40.2 Å². The Morgan fingerprint density at radius 2 is 1.68 bits per heavy atom. The minimum Gasteiger partial charge on any atom is -0.493 e. The molecule has 47 heavy (non-hydrogen) atoms. The van der Waals surface area contributed by atoms with E-state index >= 15 is 0 Å². The summed E-state index contributed by atoms with van der Waals surface area (Å²) >= 11 is 0. The zero-order valence-electron chi connectivity index (χ0n) is 27.5. The van der Waals surface area contributed by atoms with Gasteiger partial charge < -0.3 is 35.1 Å². The number of carbonyl (C=O) groups excluding carboxylic acids is 3. The number of nitrogens with one attached hydrogen (secondary N) is 3. The topological polar surface area (TPSA) is 135 Å². The maximum absolute atomic E-state index is 13.6. The van der Waals surface area contributed by atoms with Crippen LogP contribution in [0.5, 0.6) is 17.2 Å². The first-order chi connectivity index (χ1) is 22.7. The van der Waals surface area contributed by atoms with Crippen LogP contribution in [-0.2, 0) is 33.8 Å². The van der Waals surface area contributed by atoms with Crippen LogP contribution in [0, 0.1) is 0 Å². The van der Waals surface area contributed by atoms with Gasteiger partial charge in [0.15, 0.2) is 11.5 Å². The third-order valence-electron chi connectivity index (χ3n) is 8.92. The molecule has 0 bridgehead atoms. The summed E-state index contributed by atoms with van der Waals surface area (Å²) in [6.07, 6.45) is 2.30. The fraction of sp³-hybridized carbons (Fsp3) is 0.389. The number of fused-ring (bicyclic) bond motifs is 4. The van der Waals surface area contributed by atoms with Gasteiger partial charge in [0, 0.05) is 45.5 Å². The van der Waals surface area contributed by atoms with E-state index in [-0.39, 0.29) is 29.6 Å². The van der Waals surface area contributed by atoms with Gasteiger partial charge in [-0.15, -0.1) is 0 Å². The molecule has 0 spiro atoms. The number of aryl methyl sites for hydroxylation is 1. The molecular formula is C36H42N4O7. The predicted molar refractivity (Wildman–Crippen MR) is 179 cm³/mol. The van der Waals surface area contributed by atoms with Crippen molar-refractivity contribution in [3.63, 3.8) is 0 Å². The van der Waals surface area contributed by atoms with Crippen LogP contribution >= 0.6 is 0 Å². The van der Waals surface area contributed by atoms with E-state index in [0.29, 0.717) is 67.3 Å². The third-order valence-corrected chi connectivity index (χ3v) is 8.92. The SMILES string of the molecule is CNC(=O)C1Cc2ccccc2CN1C(=O)CCCNc1ccc2c(cc1=O)C(NC(C)=O)CCc1cc(OC)c(OC)c(OC)c1-2. The van der Waals surface area contributed by atoms with Crippen molar-refractivity contribution in [1.29, 1.82) is 0 Å². The van der Waals surface area contributed by atoms with Crippen LogP contribution in [0.2, 0.25) is 0 Å². The fourth-order valence-electron chi connectivity index (χ4n) is 6.65. The Morgan fingerprint density at radius 1 is 0.936 bits per heavy atom. The molecule has 0 saturated heterocycles. The average molecular weight is 643 g/mol. The summed E-state index contributed by atoms with van der Waals surface area (Å²) in [5.74, 6) is 0.935. The van der Waals surface area contributed by atoms with Gasteiger partial charge in [-0.25, -0.2) is 0 Å². The van der Waals surface area contributed by atoms with Crippen molar-refractivity contribution >= 4 is 23.4 Å². The summed E-state index contributed by atoms with van der Waals surface area (Å²) in [7, 11) is 6.25. The summed E-state index contributed by atoms with van der Waals surface area (Å²) in [6, 6.07) is 13.9. The highest BCUT2D eigenvalue weighted by Gasteiger charge is 2.34. The number of likely N-dealkylation sites (N-methyl/N-ethyl adjacent to an activating group) is 1. The number of rotatable bonds is 10. The summed E-state index contributed by atoms with van der Waals surface area (Å²) < 4.78 is 17.1. The lowest BCUT2D eigenvalue weighted by Gasteiger charge is -2.36. The monoisotopic (exact) mass is 642 g/mol. The van der Waals surface area contributed by atoms with E-state index in [1.807, 2.05) is 36.4 Å². The van der Waals surface area contributed by atoms with Crippen molar-refractivity contribution in [3.05, 3.63) is 81.0 Å². The Labute approximate surface area is 274 Å². The number of ether oxygens (including phenoxy) is 3. The van der Waals surface area contributed by atoms with Crippen LogP contribution < -0.4 is 35.6 Å². The number of anilines is 1. The van der Waals surface area contributed by atoms with Crippen LogP contribution in [0.1, 0.15) is 54.5 Å². The second-order valence-corrected chi connectivity index (χ2v) is 11.8. The van der Waals surface area contributed by atoms with Gasteiger partial charge in [-0.3, -0.25) is 19.2 Å². The molecule has 0 aromatic heterocycles. The van der Waals surface area contributed by atoms with Crippen LogP contribution in [0.25, 0.3) is 11.1 Å². The zero-order valence-corrected chi connectivity index (χ0v) is 27.5. The molecule has 2 unspecified atom stereocenters. The van der Waals surface area contributed by atoms with Gasteiger partial charge in [0.2, 0.25) is 28.9 Å². The normalized spacial score (nSPS) is 16.4. The quantitative estimate of drug-likeness (QED) is 0.285. The van der Waals surface area contributed by atoms with Gasteiger partial charge in [-0.1, -0.05) is 30.3 Å². The van der Waals surface area contributed by atoms with E-state index in [9.17, 15) is 19.2 Å². The van der Waals surface area contributed by atoms with Gasteiger partial charge in [0.25, 0.3) is 0 Å². The zero-order chi connectivity index (χ0) is 33.7. The molecule has 11 nitrogen and oxygen atoms in total. The molecule has 5 rings (SSSR count). The minimum absolute atomic E-state index is 0.117. The van der Waals surface area contributed by atoms with Gasteiger partial charge >= 0.3 is 0 Å². The molecule has 1 heterocycles. The highest BCUT2D eigenvalue weighted by atomic mass is 16.5. The molecular weight excluding hydrogens is 600 g/mol. The number of carbonyl (C=O) groups is 3. The molecule has 3 aromatic rings. The molecule has 1 aliphatic carbocycles. The van der Waals surface area contributed by atoms with Gasteiger partial charge in [0.05, 0.1) is 33.1 Å². The molecule has 11 heteroatoms. The molecule has 3 N–H and O–H groups in total. The molecule has 1 aliphatic heterocycles.